The zero-order valence-electron chi connectivity index (χ0n) is 18.7. The summed E-state index contributed by atoms with van der Waals surface area (Å²) in [6, 6.07) is 15.3. The third-order valence-corrected chi connectivity index (χ3v) is 6.18. The number of hydrogen-bond acceptors (Lipinski definition) is 4. The average Bonchev–Trinajstić information content (AvgIpc) is 2.97. The standard InChI is InChI=1S/C27H32N2O3/c1-32-24-13-10-21(11-14-24)27(31)15-12-22-18-29(26-9-5-4-8-25(22)26)20-23(30)19-28-16-6-2-3-7-17-28/h4-5,8-15,18,23,30H,2-3,6-7,16-17,19-20H2,1H3/b15-12-/t23-/m1/s1. The lowest BCUT2D eigenvalue weighted by Gasteiger charge is -2.23. The number of aromatic nitrogens is 1. The molecule has 4 rings (SSSR count). The number of para-hydroxylation sites is 1. The average molecular weight is 433 g/mol. The Bertz CT molecular complexity index is 1060. The zero-order chi connectivity index (χ0) is 22.3. The number of allylic oxidation sites excluding steroid dienone is 1. The van der Waals surface area contributed by atoms with Crippen LogP contribution in [0.2, 0.25) is 0 Å². The number of likely N-dealkylation sites (tertiary alicyclic amines) is 1. The van der Waals surface area contributed by atoms with Crippen molar-refractivity contribution in [2.75, 3.05) is 26.7 Å². The number of ether oxygens (including phenoxy) is 1. The number of ketones is 1. The largest absolute Gasteiger partial charge is 0.497 e. The molecule has 0 spiro atoms. The summed E-state index contributed by atoms with van der Waals surface area (Å²) < 4.78 is 7.27. The molecule has 5 heteroatoms. The van der Waals surface area contributed by atoms with Crippen molar-refractivity contribution in [3.05, 3.63) is 71.9 Å². The van der Waals surface area contributed by atoms with Crippen LogP contribution in [0.1, 0.15) is 41.6 Å². The van der Waals surface area contributed by atoms with E-state index in [1.54, 1.807) is 37.5 Å². The summed E-state index contributed by atoms with van der Waals surface area (Å²) in [5.41, 5.74) is 2.67. The number of aliphatic hydroxyl groups is 1. The fourth-order valence-electron chi connectivity index (χ4n) is 4.48. The molecule has 1 aliphatic rings. The van der Waals surface area contributed by atoms with E-state index in [-0.39, 0.29) is 5.78 Å². The van der Waals surface area contributed by atoms with Crippen LogP contribution in [0.15, 0.2) is 60.8 Å². The highest BCUT2D eigenvalue weighted by molar-refractivity contribution is 6.07. The van der Waals surface area contributed by atoms with Crippen LogP contribution in [0.3, 0.4) is 0 Å². The molecule has 168 valence electrons. The molecule has 1 fully saturated rings. The Hall–Kier alpha value is -2.89. The molecular formula is C27H32N2O3. The second-order valence-corrected chi connectivity index (χ2v) is 8.55. The van der Waals surface area contributed by atoms with Gasteiger partial charge in [-0.15, -0.1) is 0 Å². The molecule has 0 bridgehead atoms. The molecule has 1 saturated heterocycles. The monoisotopic (exact) mass is 432 g/mol. The molecule has 2 heterocycles. The van der Waals surface area contributed by atoms with Gasteiger partial charge in [0.15, 0.2) is 5.78 Å². The summed E-state index contributed by atoms with van der Waals surface area (Å²) >= 11 is 0. The van der Waals surface area contributed by atoms with Crippen LogP contribution in [-0.4, -0.2) is 53.2 Å². The summed E-state index contributed by atoms with van der Waals surface area (Å²) in [5.74, 6) is 0.679. The SMILES string of the molecule is COc1ccc(C(=O)/C=C\c2cn(C[C@H](O)CN3CCCCCC3)c3ccccc23)cc1. The van der Waals surface area contributed by atoms with E-state index in [0.29, 0.717) is 18.7 Å². The molecule has 3 aromatic rings. The first-order valence-corrected chi connectivity index (χ1v) is 11.5. The molecule has 5 nitrogen and oxygen atoms in total. The smallest absolute Gasteiger partial charge is 0.185 e. The maximum atomic E-state index is 12.6. The van der Waals surface area contributed by atoms with Crippen molar-refractivity contribution < 1.29 is 14.6 Å². The Morgan fingerprint density at radius 1 is 1.03 bits per heavy atom. The van der Waals surface area contributed by atoms with Crippen molar-refractivity contribution in [2.24, 2.45) is 0 Å². The van der Waals surface area contributed by atoms with Crippen molar-refractivity contribution in [3.8, 4) is 5.75 Å². The minimum Gasteiger partial charge on any atom is -0.497 e. The normalized spacial score (nSPS) is 16.3. The quantitative estimate of drug-likeness (QED) is 0.411. The first kappa shape index (κ1) is 22.3. The molecule has 1 atom stereocenters. The summed E-state index contributed by atoms with van der Waals surface area (Å²) in [7, 11) is 1.61. The number of carbonyl (C=O) groups excluding carboxylic acids is 1. The van der Waals surface area contributed by atoms with E-state index < -0.39 is 6.10 Å². The summed E-state index contributed by atoms with van der Waals surface area (Å²) in [5, 5.41) is 11.9. The van der Waals surface area contributed by atoms with E-state index >= 15 is 0 Å². The third-order valence-electron chi connectivity index (χ3n) is 6.18. The van der Waals surface area contributed by atoms with Gasteiger partial charge in [0.05, 0.1) is 13.2 Å². The summed E-state index contributed by atoms with van der Waals surface area (Å²) in [6.07, 6.45) is 10.1. The van der Waals surface area contributed by atoms with Crippen LogP contribution < -0.4 is 4.74 Å². The maximum Gasteiger partial charge on any atom is 0.185 e. The van der Waals surface area contributed by atoms with Crippen LogP contribution in [0, 0.1) is 0 Å². The Kier molecular flexibility index (Phi) is 7.40. The van der Waals surface area contributed by atoms with Gasteiger partial charge in [-0.3, -0.25) is 4.79 Å². The predicted octanol–water partition coefficient (Wildman–Crippen LogP) is 4.78. The Balaban J connectivity index is 1.49. The van der Waals surface area contributed by atoms with Crippen molar-refractivity contribution in [3.63, 3.8) is 0 Å². The number of aliphatic hydroxyl groups excluding tert-OH is 1. The van der Waals surface area contributed by atoms with E-state index in [4.69, 9.17) is 4.74 Å². The molecule has 0 amide bonds. The van der Waals surface area contributed by atoms with Gasteiger partial charge in [0.25, 0.3) is 0 Å². The van der Waals surface area contributed by atoms with Crippen molar-refractivity contribution in [1.29, 1.82) is 0 Å². The van der Waals surface area contributed by atoms with Crippen molar-refractivity contribution in [1.82, 2.24) is 9.47 Å². The van der Waals surface area contributed by atoms with Gasteiger partial charge in [-0.1, -0.05) is 31.0 Å². The molecule has 32 heavy (non-hydrogen) atoms. The lowest BCUT2D eigenvalue weighted by atomic mass is 10.1. The molecule has 0 aliphatic carbocycles. The second-order valence-electron chi connectivity index (χ2n) is 8.55. The lowest BCUT2D eigenvalue weighted by molar-refractivity contribution is 0.101. The first-order valence-electron chi connectivity index (χ1n) is 11.5. The molecule has 1 aliphatic heterocycles. The Morgan fingerprint density at radius 2 is 1.75 bits per heavy atom. The summed E-state index contributed by atoms with van der Waals surface area (Å²) in [6.45, 7) is 3.39. The van der Waals surface area contributed by atoms with Gasteiger partial charge in [0.2, 0.25) is 0 Å². The van der Waals surface area contributed by atoms with Crippen LogP contribution in [-0.2, 0) is 6.54 Å². The van der Waals surface area contributed by atoms with Crippen molar-refractivity contribution >= 4 is 22.8 Å². The van der Waals surface area contributed by atoms with Gasteiger partial charge in [-0.05, 0) is 68.4 Å². The number of methoxy groups -OCH3 is 1. The van der Waals surface area contributed by atoms with Crippen LogP contribution in [0.4, 0.5) is 0 Å². The predicted molar refractivity (Wildman–Crippen MR) is 129 cm³/mol. The van der Waals surface area contributed by atoms with Gasteiger partial charge in [0.1, 0.15) is 5.75 Å². The minimum atomic E-state index is -0.429. The van der Waals surface area contributed by atoms with Crippen LogP contribution in [0.25, 0.3) is 17.0 Å². The second kappa shape index (κ2) is 10.6. The van der Waals surface area contributed by atoms with Gasteiger partial charge in [0, 0.05) is 41.3 Å². The number of benzene rings is 2. The van der Waals surface area contributed by atoms with Gasteiger partial charge in [-0.25, -0.2) is 0 Å². The van der Waals surface area contributed by atoms with Gasteiger partial charge in [-0.2, -0.15) is 0 Å². The van der Waals surface area contributed by atoms with Gasteiger partial charge < -0.3 is 19.3 Å². The Labute approximate surface area is 189 Å². The molecule has 1 N–H and O–H groups in total. The van der Waals surface area contributed by atoms with E-state index in [9.17, 15) is 9.90 Å². The highest BCUT2D eigenvalue weighted by Crippen LogP contribution is 2.24. The Morgan fingerprint density at radius 3 is 2.47 bits per heavy atom. The summed E-state index contributed by atoms with van der Waals surface area (Å²) in [4.78, 5) is 15.0. The number of rotatable bonds is 8. The maximum absolute atomic E-state index is 12.6. The highest BCUT2D eigenvalue weighted by Gasteiger charge is 2.16. The van der Waals surface area contributed by atoms with Gasteiger partial charge >= 0.3 is 0 Å². The van der Waals surface area contributed by atoms with Crippen molar-refractivity contribution in [2.45, 2.75) is 38.3 Å². The lowest BCUT2D eigenvalue weighted by Crippen LogP contribution is -2.35. The highest BCUT2D eigenvalue weighted by atomic mass is 16.5. The molecule has 2 aromatic carbocycles. The molecule has 1 aromatic heterocycles. The number of fused-ring (bicyclic) bond motifs is 1. The number of β-amino-alcohol motifs (C(OH)–C–C–N with tert-alkyl or cyclic N) is 1. The van der Waals surface area contributed by atoms with Crippen LogP contribution in [0.5, 0.6) is 5.75 Å². The molecule has 0 radical (unpaired) electrons. The van der Waals surface area contributed by atoms with Crippen LogP contribution >= 0.6 is 0 Å². The van der Waals surface area contributed by atoms with E-state index in [2.05, 4.69) is 21.6 Å². The number of hydrogen-bond donors (Lipinski definition) is 1. The molecular weight excluding hydrogens is 400 g/mol. The molecule has 0 unspecified atom stereocenters. The fourth-order valence-corrected chi connectivity index (χ4v) is 4.48. The fraction of sp³-hybridized carbons (Fsp3) is 0.370. The number of carbonyl (C=O) groups is 1. The van der Waals surface area contributed by atoms with E-state index in [1.165, 1.54) is 25.7 Å². The minimum absolute atomic E-state index is 0.0503. The third kappa shape index (κ3) is 5.47. The number of nitrogens with zero attached hydrogens (tertiary/aromatic N) is 2. The van der Waals surface area contributed by atoms with E-state index in [0.717, 1.165) is 35.3 Å². The molecule has 0 saturated carbocycles. The van der Waals surface area contributed by atoms with E-state index in [1.807, 2.05) is 24.4 Å². The zero-order valence-corrected chi connectivity index (χ0v) is 18.7. The first-order chi connectivity index (χ1) is 15.6. The topological polar surface area (TPSA) is 54.7 Å².